The number of benzene rings is 3. The Morgan fingerprint density at radius 2 is 1.19 bits per heavy atom. The molecule has 0 heterocycles. The average molecular weight is 354 g/mol. The van der Waals surface area contributed by atoms with Crippen LogP contribution in [0, 0.1) is 0 Å². The molecule has 0 amide bonds. The second kappa shape index (κ2) is 9.11. The fourth-order valence-electron chi connectivity index (χ4n) is 2.40. The molecule has 0 unspecified atom stereocenters. The first-order chi connectivity index (χ1) is 13.2. The fourth-order valence-corrected chi connectivity index (χ4v) is 2.40. The molecule has 0 aromatic heterocycles. The maximum Gasteiger partial charge on any atom is 0.336 e. The van der Waals surface area contributed by atoms with Crippen LogP contribution in [0.2, 0.25) is 0 Å². The summed E-state index contributed by atoms with van der Waals surface area (Å²) in [6, 6.07) is 25.6. The number of carbonyl (C=O) groups excluding carboxylic acids is 2. The van der Waals surface area contributed by atoms with Crippen molar-refractivity contribution in [3.05, 3.63) is 114 Å². The molecule has 0 radical (unpaired) electrons. The molecule has 3 heteroatoms. The minimum atomic E-state index is -0.443. The highest BCUT2D eigenvalue weighted by molar-refractivity contribution is 6.06. The van der Waals surface area contributed by atoms with E-state index in [0.29, 0.717) is 11.3 Å². The van der Waals surface area contributed by atoms with Crippen molar-refractivity contribution < 1.29 is 14.3 Å². The lowest BCUT2D eigenvalue weighted by atomic mass is 10.1. The SMILES string of the molecule is O=C(/C=C/c1ccccc1)Oc1ccc(/C=C\C(=O)c2ccccc2)cc1. The normalized spacial score (nSPS) is 11.0. The van der Waals surface area contributed by atoms with E-state index in [9.17, 15) is 9.59 Å². The number of ketones is 1. The third-order valence-corrected chi connectivity index (χ3v) is 3.80. The van der Waals surface area contributed by atoms with Crippen molar-refractivity contribution in [1.82, 2.24) is 0 Å². The smallest absolute Gasteiger partial charge is 0.336 e. The summed E-state index contributed by atoms with van der Waals surface area (Å²) in [4.78, 5) is 23.9. The molecule has 0 fully saturated rings. The van der Waals surface area contributed by atoms with Gasteiger partial charge in [-0.3, -0.25) is 4.79 Å². The first-order valence-corrected chi connectivity index (χ1v) is 8.53. The average Bonchev–Trinajstić information content (AvgIpc) is 2.73. The van der Waals surface area contributed by atoms with Crippen LogP contribution in [0.25, 0.3) is 12.2 Å². The summed E-state index contributed by atoms with van der Waals surface area (Å²) >= 11 is 0. The van der Waals surface area contributed by atoms with E-state index >= 15 is 0 Å². The quantitative estimate of drug-likeness (QED) is 0.264. The molecule has 0 aliphatic heterocycles. The Morgan fingerprint density at radius 1 is 0.630 bits per heavy atom. The van der Waals surface area contributed by atoms with Crippen molar-refractivity contribution in [3.8, 4) is 5.75 Å². The van der Waals surface area contributed by atoms with E-state index in [-0.39, 0.29) is 5.78 Å². The van der Waals surface area contributed by atoms with E-state index < -0.39 is 5.97 Å². The summed E-state index contributed by atoms with van der Waals surface area (Å²) in [7, 11) is 0. The Bertz CT molecular complexity index is 954. The van der Waals surface area contributed by atoms with Crippen molar-refractivity contribution in [2.24, 2.45) is 0 Å². The molecule has 0 spiro atoms. The number of ether oxygens (including phenoxy) is 1. The maximum atomic E-state index is 12.1. The molecule has 27 heavy (non-hydrogen) atoms. The van der Waals surface area contributed by atoms with Crippen molar-refractivity contribution in [3.63, 3.8) is 0 Å². The van der Waals surface area contributed by atoms with Crippen LogP contribution < -0.4 is 4.74 Å². The highest BCUT2D eigenvalue weighted by atomic mass is 16.5. The zero-order chi connectivity index (χ0) is 18.9. The fraction of sp³-hybridized carbons (Fsp3) is 0. The topological polar surface area (TPSA) is 43.4 Å². The van der Waals surface area contributed by atoms with E-state index in [2.05, 4.69) is 0 Å². The molecule has 0 bridgehead atoms. The van der Waals surface area contributed by atoms with Crippen molar-refractivity contribution in [2.75, 3.05) is 0 Å². The lowest BCUT2D eigenvalue weighted by Crippen LogP contribution is -2.03. The Labute approximate surface area is 158 Å². The predicted octanol–water partition coefficient (Wildman–Crippen LogP) is 5.20. The van der Waals surface area contributed by atoms with E-state index in [0.717, 1.165) is 11.1 Å². The standard InChI is InChI=1S/C24H18O3/c25-23(21-9-5-2-6-10-21)17-13-20-11-15-22(16-12-20)27-24(26)18-14-19-7-3-1-4-8-19/h1-18H/b17-13-,18-14+. The van der Waals surface area contributed by atoms with Gasteiger partial charge in [-0.05, 0) is 35.4 Å². The monoisotopic (exact) mass is 354 g/mol. The Kier molecular flexibility index (Phi) is 6.10. The molecule has 0 aliphatic rings. The second-order valence-corrected chi connectivity index (χ2v) is 5.80. The molecule has 3 aromatic rings. The second-order valence-electron chi connectivity index (χ2n) is 5.80. The van der Waals surface area contributed by atoms with Gasteiger partial charge in [-0.25, -0.2) is 4.79 Å². The molecular weight excluding hydrogens is 336 g/mol. The minimum Gasteiger partial charge on any atom is -0.423 e. The van der Waals surface area contributed by atoms with Gasteiger partial charge in [0.1, 0.15) is 5.75 Å². The largest absolute Gasteiger partial charge is 0.423 e. The van der Waals surface area contributed by atoms with Gasteiger partial charge < -0.3 is 4.74 Å². The number of hydrogen-bond donors (Lipinski definition) is 0. The molecule has 0 N–H and O–H groups in total. The number of esters is 1. The van der Waals surface area contributed by atoms with Crippen LogP contribution in [-0.2, 0) is 4.79 Å². The third kappa shape index (κ3) is 5.65. The predicted molar refractivity (Wildman–Crippen MR) is 107 cm³/mol. The highest BCUT2D eigenvalue weighted by Crippen LogP contribution is 2.14. The van der Waals surface area contributed by atoms with Gasteiger partial charge in [-0.1, -0.05) is 78.9 Å². The van der Waals surface area contributed by atoms with Crippen molar-refractivity contribution in [2.45, 2.75) is 0 Å². The zero-order valence-corrected chi connectivity index (χ0v) is 14.6. The highest BCUT2D eigenvalue weighted by Gasteiger charge is 2.02. The van der Waals surface area contributed by atoms with Crippen LogP contribution in [0.3, 0.4) is 0 Å². The molecule has 0 aliphatic carbocycles. The lowest BCUT2D eigenvalue weighted by molar-refractivity contribution is -0.128. The van der Waals surface area contributed by atoms with Gasteiger partial charge in [-0.2, -0.15) is 0 Å². The lowest BCUT2D eigenvalue weighted by Gasteiger charge is -2.02. The van der Waals surface area contributed by atoms with E-state index in [1.54, 1.807) is 48.6 Å². The molecule has 132 valence electrons. The third-order valence-electron chi connectivity index (χ3n) is 3.80. The maximum absolute atomic E-state index is 12.1. The Hall–Kier alpha value is -3.72. The van der Waals surface area contributed by atoms with Crippen LogP contribution >= 0.6 is 0 Å². The molecule has 3 aromatic carbocycles. The number of allylic oxidation sites excluding steroid dienone is 1. The van der Waals surface area contributed by atoms with Gasteiger partial charge in [0.2, 0.25) is 0 Å². The number of rotatable bonds is 6. The van der Waals surface area contributed by atoms with Crippen LogP contribution in [0.1, 0.15) is 21.5 Å². The molecule has 0 saturated carbocycles. The van der Waals surface area contributed by atoms with Gasteiger partial charge in [0.15, 0.2) is 5.78 Å². The molecular formula is C24H18O3. The Balaban J connectivity index is 1.57. The first kappa shape index (κ1) is 18.1. The van der Waals surface area contributed by atoms with Crippen LogP contribution in [0.5, 0.6) is 5.75 Å². The Morgan fingerprint density at radius 3 is 1.85 bits per heavy atom. The summed E-state index contributed by atoms with van der Waals surface area (Å²) in [6.07, 6.45) is 6.35. The first-order valence-electron chi connectivity index (χ1n) is 8.53. The zero-order valence-electron chi connectivity index (χ0n) is 14.6. The van der Waals surface area contributed by atoms with Gasteiger partial charge >= 0.3 is 5.97 Å². The molecule has 3 nitrogen and oxygen atoms in total. The van der Waals surface area contributed by atoms with Crippen molar-refractivity contribution >= 4 is 23.9 Å². The van der Waals surface area contributed by atoms with Gasteiger partial charge in [0.05, 0.1) is 0 Å². The summed E-state index contributed by atoms with van der Waals surface area (Å²) in [6.45, 7) is 0. The van der Waals surface area contributed by atoms with Gasteiger partial charge in [0.25, 0.3) is 0 Å². The minimum absolute atomic E-state index is 0.0582. The summed E-state index contributed by atoms with van der Waals surface area (Å²) in [5, 5.41) is 0. The molecule has 0 atom stereocenters. The van der Waals surface area contributed by atoms with Crippen LogP contribution in [0.4, 0.5) is 0 Å². The molecule has 3 rings (SSSR count). The van der Waals surface area contributed by atoms with E-state index in [4.69, 9.17) is 4.74 Å². The van der Waals surface area contributed by atoms with E-state index in [1.165, 1.54) is 12.2 Å². The summed E-state index contributed by atoms with van der Waals surface area (Å²) in [5.74, 6) is -0.0530. The summed E-state index contributed by atoms with van der Waals surface area (Å²) in [5.41, 5.74) is 2.42. The molecule has 0 saturated heterocycles. The van der Waals surface area contributed by atoms with Gasteiger partial charge in [-0.15, -0.1) is 0 Å². The number of hydrogen-bond acceptors (Lipinski definition) is 3. The van der Waals surface area contributed by atoms with Gasteiger partial charge in [0, 0.05) is 11.6 Å². The van der Waals surface area contributed by atoms with Crippen LogP contribution in [-0.4, -0.2) is 11.8 Å². The van der Waals surface area contributed by atoms with Crippen molar-refractivity contribution in [1.29, 1.82) is 0 Å². The number of carbonyl (C=O) groups is 2. The van der Waals surface area contributed by atoms with Crippen LogP contribution in [0.15, 0.2) is 97.1 Å². The summed E-state index contributed by atoms with van der Waals surface area (Å²) < 4.78 is 5.27. The van der Waals surface area contributed by atoms with E-state index in [1.807, 2.05) is 48.5 Å².